The Morgan fingerprint density at radius 3 is 2.94 bits per heavy atom. The highest BCUT2D eigenvalue weighted by Gasteiger charge is 2.24. The van der Waals surface area contributed by atoms with Crippen LogP contribution in [0.1, 0.15) is 46.5 Å². The average molecular weight is 257 g/mol. The summed E-state index contributed by atoms with van der Waals surface area (Å²) in [6, 6.07) is 0. The minimum absolute atomic E-state index is 0.125. The third kappa shape index (κ3) is 6.03. The molecule has 0 aromatic heterocycles. The Hall–Kier alpha value is -1.06. The van der Waals surface area contributed by atoms with E-state index in [1.165, 1.54) is 0 Å². The average Bonchev–Trinajstić information content (AvgIpc) is 2.36. The van der Waals surface area contributed by atoms with Crippen LogP contribution in [0.25, 0.3) is 0 Å². The van der Waals surface area contributed by atoms with Gasteiger partial charge in [-0.3, -0.25) is 4.79 Å². The highest BCUT2D eigenvalue weighted by Crippen LogP contribution is 2.13. The molecule has 1 aliphatic heterocycles. The molecule has 0 saturated carbocycles. The van der Waals surface area contributed by atoms with E-state index in [0.717, 1.165) is 31.8 Å². The van der Waals surface area contributed by atoms with Crippen molar-refractivity contribution < 1.29 is 18.7 Å². The van der Waals surface area contributed by atoms with E-state index in [2.05, 4.69) is 13.8 Å². The standard InChI is InChI=1S/C14H25O4/c1-4-16-13(15)7-5-11(2)9-17-14-8-6-12(3)10-18-14/h11-12H,4-10H2,1-3H3/q+1. The van der Waals surface area contributed by atoms with Gasteiger partial charge in [0.05, 0.1) is 6.61 Å². The Kier molecular flexibility index (Phi) is 6.76. The highest BCUT2D eigenvalue weighted by atomic mass is 16.6. The summed E-state index contributed by atoms with van der Waals surface area (Å²) in [7, 11) is 0. The Labute approximate surface area is 109 Å². The van der Waals surface area contributed by atoms with Gasteiger partial charge in [0.15, 0.2) is 13.2 Å². The molecule has 0 fully saturated rings. The molecule has 0 aromatic rings. The molecular formula is C14H25O4+. The number of hydrogen-bond donors (Lipinski definition) is 0. The molecule has 4 heteroatoms. The number of carbonyl (C=O) groups excluding carboxylic acids is 2. The zero-order valence-electron chi connectivity index (χ0n) is 11.7. The molecule has 0 radical (unpaired) electrons. The van der Waals surface area contributed by atoms with Crippen LogP contribution in [0.2, 0.25) is 0 Å². The van der Waals surface area contributed by atoms with Crippen LogP contribution in [0, 0.1) is 11.8 Å². The summed E-state index contributed by atoms with van der Waals surface area (Å²) in [5, 5.41) is 0. The maximum Gasteiger partial charge on any atom is 0.484 e. The summed E-state index contributed by atoms with van der Waals surface area (Å²) in [5.41, 5.74) is 0. The zero-order valence-corrected chi connectivity index (χ0v) is 11.7. The molecule has 2 atom stereocenters. The lowest BCUT2D eigenvalue weighted by molar-refractivity contribution is -0.483. The van der Waals surface area contributed by atoms with Crippen LogP contribution in [-0.4, -0.2) is 31.8 Å². The minimum Gasteiger partial charge on any atom is -0.466 e. The van der Waals surface area contributed by atoms with E-state index >= 15 is 0 Å². The smallest absolute Gasteiger partial charge is 0.466 e. The van der Waals surface area contributed by atoms with Crippen LogP contribution in [0.5, 0.6) is 0 Å². The van der Waals surface area contributed by atoms with Gasteiger partial charge in [0.2, 0.25) is 0 Å². The first-order valence-electron chi connectivity index (χ1n) is 6.88. The predicted octanol–water partition coefficient (Wildman–Crippen LogP) is 2.47. The molecule has 0 amide bonds. The van der Waals surface area contributed by atoms with Crippen LogP contribution < -0.4 is 0 Å². The van der Waals surface area contributed by atoms with E-state index in [4.69, 9.17) is 13.9 Å². The lowest BCUT2D eigenvalue weighted by atomic mass is 10.1. The van der Waals surface area contributed by atoms with E-state index in [0.29, 0.717) is 31.5 Å². The van der Waals surface area contributed by atoms with Crippen molar-refractivity contribution in [1.29, 1.82) is 0 Å². The zero-order chi connectivity index (χ0) is 13.4. The molecule has 1 rings (SSSR count). The number of rotatable bonds is 6. The fraction of sp³-hybridized carbons (Fsp3) is 0.857. The molecule has 0 spiro atoms. The topological polar surface area (TPSA) is 46.8 Å². The first-order chi connectivity index (χ1) is 8.61. The molecule has 1 aliphatic rings. The Bertz CT molecular complexity index is 286. The van der Waals surface area contributed by atoms with Crippen LogP contribution in [-0.2, 0) is 18.7 Å². The number of hydrogen-bond acceptors (Lipinski definition) is 3. The van der Waals surface area contributed by atoms with E-state index in [9.17, 15) is 4.79 Å². The lowest BCUT2D eigenvalue weighted by Gasteiger charge is -2.11. The van der Waals surface area contributed by atoms with Crippen molar-refractivity contribution in [3.05, 3.63) is 0 Å². The number of esters is 2. The minimum atomic E-state index is -0.125. The Morgan fingerprint density at radius 2 is 2.33 bits per heavy atom. The molecule has 2 unspecified atom stereocenters. The third-order valence-electron chi connectivity index (χ3n) is 3.05. The molecule has 0 aliphatic carbocycles. The lowest BCUT2D eigenvalue weighted by Crippen LogP contribution is -2.21. The summed E-state index contributed by atoms with van der Waals surface area (Å²) in [6.07, 6.45) is 3.28. The second-order valence-electron chi connectivity index (χ2n) is 5.09. The van der Waals surface area contributed by atoms with Gasteiger partial charge in [-0.05, 0) is 19.8 Å². The van der Waals surface area contributed by atoms with Gasteiger partial charge in [0.25, 0.3) is 0 Å². The summed E-state index contributed by atoms with van der Waals surface area (Å²) in [4.78, 5) is 11.2. The number of carbonyl (C=O) groups is 1. The van der Waals surface area contributed by atoms with Crippen molar-refractivity contribution in [2.75, 3.05) is 19.8 Å². The monoisotopic (exact) mass is 257 g/mol. The largest absolute Gasteiger partial charge is 0.484 e. The summed E-state index contributed by atoms with van der Waals surface area (Å²) in [6.45, 7) is 7.90. The molecule has 1 heterocycles. The van der Waals surface area contributed by atoms with Gasteiger partial charge >= 0.3 is 11.9 Å². The molecule has 0 bridgehead atoms. The Balaban J connectivity index is 2.13. The van der Waals surface area contributed by atoms with Crippen molar-refractivity contribution in [2.45, 2.75) is 46.5 Å². The molecular weight excluding hydrogens is 232 g/mol. The summed E-state index contributed by atoms with van der Waals surface area (Å²) >= 11 is 0. The van der Waals surface area contributed by atoms with Gasteiger partial charge in [0.1, 0.15) is 6.42 Å². The molecule has 0 N–H and O–H groups in total. The van der Waals surface area contributed by atoms with E-state index in [1.54, 1.807) is 0 Å². The SMILES string of the molecule is CCOC(=O)CCC(C)COC1=[O+]CC(C)CC1. The van der Waals surface area contributed by atoms with Gasteiger partial charge < -0.3 is 13.9 Å². The highest BCUT2D eigenvalue weighted by molar-refractivity contribution is 5.70. The van der Waals surface area contributed by atoms with Gasteiger partial charge in [-0.1, -0.05) is 13.8 Å². The van der Waals surface area contributed by atoms with Crippen molar-refractivity contribution in [1.82, 2.24) is 0 Å². The third-order valence-corrected chi connectivity index (χ3v) is 3.05. The maximum absolute atomic E-state index is 11.2. The number of ether oxygens (including phenoxy) is 2. The summed E-state index contributed by atoms with van der Waals surface area (Å²) < 4.78 is 16.0. The first-order valence-corrected chi connectivity index (χ1v) is 6.88. The maximum atomic E-state index is 11.2. The van der Waals surface area contributed by atoms with Crippen LogP contribution in [0.15, 0.2) is 0 Å². The molecule has 4 nitrogen and oxygen atoms in total. The van der Waals surface area contributed by atoms with Crippen molar-refractivity contribution in [3.63, 3.8) is 0 Å². The predicted molar refractivity (Wildman–Crippen MR) is 69.3 cm³/mol. The van der Waals surface area contributed by atoms with Gasteiger partial charge in [-0.2, -0.15) is 0 Å². The fourth-order valence-corrected chi connectivity index (χ4v) is 1.78. The second kappa shape index (κ2) is 8.11. The van der Waals surface area contributed by atoms with Crippen LogP contribution in [0.3, 0.4) is 0 Å². The van der Waals surface area contributed by atoms with Gasteiger partial charge in [0, 0.05) is 18.3 Å². The fourth-order valence-electron chi connectivity index (χ4n) is 1.78. The van der Waals surface area contributed by atoms with Gasteiger partial charge in [-0.15, -0.1) is 0 Å². The molecule has 0 aromatic carbocycles. The quantitative estimate of drug-likeness (QED) is 0.542. The molecule has 104 valence electrons. The van der Waals surface area contributed by atoms with Gasteiger partial charge in [-0.25, -0.2) is 0 Å². The van der Waals surface area contributed by atoms with Crippen LogP contribution >= 0.6 is 0 Å². The van der Waals surface area contributed by atoms with E-state index in [-0.39, 0.29) is 5.97 Å². The van der Waals surface area contributed by atoms with Crippen LogP contribution in [0.4, 0.5) is 0 Å². The van der Waals surface area contributed by atoms with E-state index < -0.39 is 0 Å². The Morgan fingerprint density at radius 1 is 1.56 bits per heavy atom. The normalized spacial score (nSPS) is 21.1. The second-order valence-corrected chi connectivity index (χ2v) is 5.09. The molecule has 0 saturated heterocycles. The van der Waals surface area contributed by atoms with Crippen molar-refractivity contribution in [2.24, 2.45) is 11.8 Å². The summed E-state index contributed by atoms with van der Waals surface area (Å²) in [5.74, 6) is 1.60. The molecule has 18 heavy (non-hydrogen) atoms. The van der Waals surface area contributed by atoms with Crippen molar-refractivity contribution >= 4 is 11.9 Å². The van der Waals surface area contributed by atoms with Crippen molar-refractivity contribution in [3.8, 4) is 0 Å². The van der Waals surface area contributed by atoms with E-state index in [1.807, 2.05) is 6.92 Å². The first kappa shape index (κ1) is 15.0.